The standard InChI is InChI=1S/C14H13F6NO/c15-13(16,17)9-5-8(6-10(7-9)14(18,19)20)11-3-1-2-4-12(11)21-22/h5-7,11-12H,1-4H2. The first kappa shape index (κ1) is 16.8. The molecule has 1 aliphatic carbocycles. The van der Waals surface area contributed by atoms with Gasteiger partial charge in [0.1, 0.15) is 0 Å². The topological polar surface area (TPSA) is 29.4 Å². The van der Waals surface area contributed by atoms with Crippen molar-refractivity contribution in [1.82, 2.24) is 0 Å². The van der Waals surface area contributed by atoms with Gasteiger partial charge in [0, 0.05) is 5.92 Å². The van der Waals surface area contributed by atoms with Crippen molar-refractivity contribution in [2.24, 2.45) is 5.18 Å². The number of nitroso groups, excluding NO2 is 1. The number of benzene rings is 1. The van der Waals surface area contributed by atoms with Crippen molar-refractivity contribution < 1.29 is 26.3 Å². The van der Waals surface area contributed by atoms with E-state index in [0.29, 0.717) is 37.8 Å². The largest absolute Gasteiger partial charge is 0.416 e. The van der Waals surface area contributed by atoms with Crippen LogP contribution in [0.1, 0.15) is 48.3 Å². The summed E-state index contributed by atoms with van der Waals surface area (Å²) in [7, 11) is 0. The quantitative estimate of drug-likeness (QED) is 0.520. The molecule has 122 valence electrons. The van der Waals surface area contributed by atoms with Gasteiger partial charge in [0.2, 0.25) is 0 Å². The van der Waals surface area contributed by atoms with Crippen molar-refractivity contribution in [2.75, 3.05) is 0 Å². The highest BCUT2D eigenvalue weighted by atomic mass is 19.4. The highest BCUT2D eigenvalue weighted by molar-refractivity contribution is 5.36. The van der Waals surface area contributed by atoms with E-state index in [1.165, 1.54) is 0 Å². The maximum Gasteiger partial charge on any atom is 0.416 e. The SMILES string of the molecule is O=NC1CCCCC1c1cc(C(F)(F)F)cc(C(F)(F)F)c1. The minimum Gasteiger partial charge on any atom is -0.166 e. The van der Waals surface area contributed by atoms with Gasteiger partial charge in [-0.1, -0.05) is 18.0 Å². The summed E-state index contributed by atoms with van der Waals surface area (Å²) in [6.45, 7) is 0. The molecule has 0 spiro atoms. The average molecular weight is 325 g/mol. The maximum absolute atomic E-state index is 12.8. The van der Waals surface area contributed by atoms with E-state index in [9.17, 15) is 31.2 Å². The smallest absolute Gasteiger partial charge is 0.166 e. The van der Waals surface area contributed by atoms with Crippen LogP contribution in [0.4, 0.5) is 26.3 Å². The minimum absolute atomic E-state index is 0.0929. The Morgan fingerprint density at radius 2 is 1.36 bits per heavy atom. The van der Waals surface area contributed by atoms with Crippen LogP contribution in [0.2, 0.25) is 0 Å². The van der Waals surface area contributed by atoms with Gasteiger partial charge in [0.25, 0.3) is 0 Å². The van der Waals surface area contributed by atoms with Gasteiger partial charge in [0.15, 0.2) is 0 Å². The summed E-state index contributed by atoms with van der Waals surface area (Å²) < 4.78 is 77.0. The van der Waals surface area contributed by atoms with Gasteiger partial charge in [-0.2, -0.15) is 31.2 Å². The third-order valence-electron chi connectivity index (χ3n) is 3.90. The van der Waals surface area contributed by atoms with Crippen LogP contribution < -0.4 is 0 Å². The van der Waals surface area contributed by atoms with E-state index in [-0.39, 0.29) is 11.6 Å². The number of hydrogen-bond acceptors (Lipinski definition) is 2. The van der Waals surface area contributed by atoms with Crippen molar-refractivity contribution in [3.8, 4) is 0 Å². The summed E-state index contributed by atoms with van der Waals surface area (Å²) in [6, 6.07) is 0.709. The van der Waals surface area contributed by atoms with Crippen molar-refractivity contribution in [3.05, 3.63) is 39.8 Å². The summed E-state index contributed by atoms with van der Waals surface area (Å²) in [6.07, 6.45) is -7.68. The fourth-order valence-electron chi connectivity index (χ4n) is 2.82. The van der Waals surface area contributed by atoms with Crippen LogP contribution in [-0.2, 0) is 12.4 Å². The summed E-state index contributed by atoms with van der Waals surface area (Å²) >= 11 is 0. The fraction of sp³-hybridized carbons (Fsp3) is 0.571. The van der Waals surface area contributed by atoms with Gasteiger partial charge in [-0.05, 0) is 36.6 Å². The molecule has 1 fully saturated rings. The van der Waals surface area contributed by atoms with Crippen molar-refractivity contribution >= 4 is 0 Å². The second kappa shape index (κ2) is 5.89. The van der Waals surface area contributed by atoms with E-state index in [2.05, 4.69) is 5.18 Å². The van der Waals surface area contributed by atoms with E-state index >= 15 is 0 Å². The molecular formula is C14H13F6NO. The molecule has 0 amide bonds. The molecule has 2 nitrogen and oxygen atoms in total. The molecule has 0 N–H and O–H groups in total. The molecule has 0 heterocycles. The molecule has 2 unspecified atom stereocenters. The number of hydrogen-bond donors (Lipinski definition) is 0. The highest BCUT2D eigenvalue weighted by Gasteiger charge is 2.38. The molecule has 22 heavy (non-hydrogen) atoms. The van der Waals surface area contributed by atoms with Crippen molar-refractivity contribution in [3.63, 3.8) is 0 Å². The highest BCUT2D eigenvalue weighted by Crippen LogP contribution is 2.41. The molecule has 0 saturated heterocycles. The van der Waals surface area contributed by atoms with E-state index in [1.807, 2.05) is 0 Å². The molecule has 1 aliphatic rings. The Morgan fingerprint density at radius 1 is 0.864 bits per heavy atom. The second-order valence-electron chi connectivity index (χ2n) is 5.40. The third kappa shape index (κ3) is 3.59. The normalized spacial score (nSPS) is 23.4. The predicted molar refractivity (Wildman–Crippen MR) is 67.2 cm³/mol. The van der Waals surface area contributed by atoms with E-state index in [1.54, 1.807) is 0 Å². The zero-order chi connectivity index (χ0) is 16.5. The van der Waals surface area contributed by atoms with Crippen molar-refractivity contribution in [2.45, 2.75) is 50.0 Å². The molecule has 2 atom stereocenters. The molecule has 0 bridgehead atoms. The Kier molecular flexibility index (Phi) is 4.49. The van der Waals surface area contributed by atoms with Crippen LogP contribution >= 0.6 is 0 Å². The fourth-order valence-corrected chi connectivity index (χ4v) is 2.82. The Morgan fingerprint density at radius 3 is 1.82 bits per heavy atom. The monoisotopic (exact) mass is 325 g/mol. The zero-order valence-corrected chi connectivity index (χ0v) is 11.3. The van der Waals surface area contributed by atoms with Gasteiger partial charge < -0.3 is 0 Å². The van der Waals surface area contributed by atoms with Crippen LogP contribution in [-0.4, -0.2) is 6.04 Å². The van der Waals surface area contributed by atoms with Crippen LogP contribution in [0.3, 0.4) is 0 Å². The Bertz CT molecular complexity index is 519. The maximum atomic E-state index is 12.8. The van der Waals surface area contributed by atoms with Gasteiger partial charge >= 0.3 is 12.4 Å². The molecular weight excluding hydrogens is 312 g/mol. The molecule has 2 rings (SSSR count). The molecule has 0 aromatic heterocycles. The Labute approximate surface area is 122 Å². The molecule has 0 aliphatic heterocycles. The first-order valence-corrected chi connectivity index (χ1v) is 6.75. The zero-order valence-electron chi connectivity index (χ0n) is 11.3. The van der Waals surface area contributed by atoms with Crippen molar-refractivity contribution in [1.29, 1.82) is 0 Å². The van der Waals surface area contributed by atoms with Gasteiger partial charge in [-0.25, -0.2) is 0 Å². The number of alkyl halides is 6. The lowest BCUT2D eigenvalue weighted by Crippen LogP contribution is -2.22. The van der Waals surface area contributed by atoms with Crippen LogP contribution in [0.5, 0.6) is 0 Å². The molecule has 0 radical (unpaired) electrons. The summed E-state index contributed by atoms with van der Waals surface area (Å²) in [5, 5.41) is 2.88. The first-order chi connectivity index (χ1) is 10.1. The summed E-state index contributed by atoms with van der Waals surface area (Å²) in [4.78, 5) is 10.8. The molecule has 1 saturated carbocycles. The average Bonchev–Trinajstić information content (AvgIpc) is 2.45. The Balaban J connectivity index is 2.52. The number of rotatable bonds is 2. The van der Waals surface area contributed by atoms with Gasteiger partial charge in [0.05, 0.1) is 17.2 Å². The minimum atomic E-state index is -4.88. The first-order valence-electron chi connectivity index (χ1n) is 6.75. The molecule has 1 aromatic carbocycles. The summed E-state index contributed by atoms with van der Waals surface area (Å²) in [5.41, 5.74) is -2.83. The molecule has 8 heteroatoms. The third-order valence-corrected chi connectivity index (χ3v) is 3.90. The Hall–Kier alpha value is -1.60. The van der Waals surface area contributed by atoms with E-state index in [0.717, 1.165) is 0 Å². The summed E-state index contributed by atoms with van der Waals surface area (Å²) in [5.74, 6) is -0.699. The lowest BCUT2D eigenvalue weighted by atomic mass is 9.79. The molecule has 1 aromatic rings. The lowest BCUT2D eigenvalue weighted by Gasteiger charge is -2.28. The van der Waals surface area contributed by atoms with Gasteiger partial charge in [-0.15, -0.1) is 0 Å². The van der Waals surface area contributed by atoms with Crippen LogP contribution in [0.25, 0.3) is 0 Å². The number of halogens is 6. The number of nitrogens with zero attached hydrogens (tertiary/aromatic N) is 1. The van der Waals surface area contributed by atoms with E-state index in [4.69, 9.17) is 0 Å². The van der Waals surface area contributed by atoms with Crippen LogP contribution in [0, 0.1) is 4.91 Å². The van der Waals surface area contributed by atoms with Crippen LogP contribution in [0.15, 0.2) is 23.4 Å². The van der Waals surface area contributed by atoms with Gasteiger partial charge in [-0.3, -0.25) is 0 Å². The second-order valence-corrected chi connectivity index (χ2v) is 5.40. The lowest BCUT2D eigenvalue weighted by molar-refractivity contribution is -0.143. The van der Waals surface area contributed by atoms with E-state index < -0.39 is 35.4 Å². The predicted octanol–water partition coefficient (Wildman–Crippen LogP) is 5.52.